The lowest BCUT2D eigenvalue weighted by atomic mass is 10.1. The Kier molecular flexibility index (Phi) is 4.54. The van der Waals surface area contributed by atoms with E-state index >= 15 is 0 Å². The van der Waals surface area contributed by atoms with Crippen LogP contribution in [0.1, 0.15) is 27.6 Å². The van der Waals surface area contributed by atoms with Crippen molar-refractivity contribution in [3.8, 4) is 6.07 Å². The number of nitriles is 1. The van der Waals surface area contributed by atoms with Crippen LogP contribution in [0.15, 0.2) is 48.5 Å². The lowest BCUT2D eigenvalue weighted by molar-refractivity contribution is 0.0916. The van der Waals surface area contributed by atoms with E-state index in [4.69, 9.17) is 11.0 Å². The third-order valence-electron chi connectivity index (χ3n) is 3.03. The molecular formula is C16H15N3O2. The summed E-state index contributed by atoms with van der Waals surface area (Å²) in [4.78, 5) is 12.0. The van der Waals surface area contributed by atoms with E-state index in [0.29, 0.717) is 22.4 Å². The number of nitrogens with one attached hydrogen (secondary N) is 1. The molecule has 5 nitrogen and oxygen atoms in total. The van der Waals surface area contributed by atoms with Crippen molar-refractivity contribution in [1.29, 1.82) is 5.26 Å². The summed E-state index contributed by atoms with van der Waals surface area (Å²) in [6, 6.07) is 15.2. The van der Waals surface area contributed by atoms with Gasteiger partial charge in [-0.3, -0.25) is 4.79 Å². The lowest BCUT2D eigenvalue weighted by Gasteiger charge is -2.12. The Morgan fingerprint density at radius 2 is 2.00 bits per heavy atom. The van der Waals surface area contributed by atoms with Gasteiger partial charge in [0, 0.05) is 17.8 Å². The van der Waals surface area contributed by atoms with E-state index in [1.165, 1.54) is 6.07 Å². The Bertz CT molecular complexity index is 675. The lowest BCUT2D eigenvalue weighted by Crippen LogP contribution is -2.28. The summed E-state index contributed by atoms with van der Waals surface area (Å²) in [5, 5.41) is 21.4. The Morgan fingerprint density at radius 1 is 1.29 bits per heavy atom. The summed E-state index contributed by atoms with van der Waals surface area (Å²) < 4.78 is 0. The van der Waals surface area contributed by atoms with Crippen LogP contribution in [0.3, 0.4) is 0 Å². The third-order valence-corrected chi connectivity index (χ3v) is 3.03. The molecule has 1 unspecified atom stereocenters. The van der Waals surface area contributed by atoms with Gasteiger partial charge in [-0.25, -0.2) is 0 Å². The summed E-state index contributed by atoms with van der Waals surface area (Å²) in [6.45, 7) is 0.0829. The van der Waals surface area contributed by atoms with Crippen LogP contribution in [0.25, 0.3) is 0 Å². The van der Waals surface area contributed by atoms with Gasteiger partial charge in [0.05, 0.1) is 17.7 Å². The van der Waals surface area contributed by atoms with E-state index in [2.05, 4.69) is 5.32 Å². The number of benzene rings is 2. The van der Waals surface area contributed by atoms with Crippen molar-refractivity contribution in [2.45, 2.75) is 6.10 Å². The van der Waals surface area contributed by atoms with Crippen LogP contribution in [-0.4, -0.2) is 17.6 Å². The number of nitrogens with two attached hydrogens (primary N) is 1. The third kappa shape index (κ3) is 3.81. The van der Waals surface area contributed by atoms with Crippen LogP contribution in [-0.2, 0) is 0 Å². The Labute approximate surface area is 122 Å². The zero-order valence-electron chi connectivity index (χ0n) is 11.3. The highest BCUT2D eigenvalue weighted by Crippen LogP contribution is 2.14. The molecule has 2 aromatic carbocycles. The largest absolute Gasteiger partial charge is 0.399 e. The summed E-state index contributed by atoms with van der Waals surface area (Å²) in [5.41, 5.74) is 7.67. The maximum Gasteiger partial charge on any atom is 0.251 e. The second kappa shape index (κ2) is 6.55. The number of aliphatic hydroxyl groups is 1. The van der Waals surface area contributed by atoms with Crippen molar-refractivity contribution in [2.24, 2.45) is 0 Å². The van der Waals surface area contributed by atoms with Crippen LogP contribution in [0.5, 0.6) is 0 Å². The minimum absolute atomic E-state index is 0.0829. The molecule has 0 aliphatic rings. The number of nitrogens with zero attached hydrogens (tertiary/aromatic N) is 1. The van der Waals surface area contributed by atoms with Gasteiger partial charge in [0.15, 0.2) is 0 Å². The van der Waals surface area contributed by atoms with Gasteiger partial charge in [0.25, 0.3) is 5.91 Å². The molecule has 1 amide bonds. The van der Waals surface area contributed by atoms with E-state index in [1.807, 2.05) is 6.07 Å². The van der Waals surface area contributed by atoms with Gasteiger partial charge in [0.1, 0.15) is 0 Å². The van der Waals surface area contributed by atoms with E-state index < -0.39 is 6.10 Å². The van der Waals surface area contributed by atoms with Gasteiger partial charge in [-0.05, 0) is 35.9 Å². The molecule has 0 heterocycles. The number of nitrogen functional groups attached to an aromatic ring is 1. The SMILES string of the molecule is N#Cc1cccc(C(=O)NCC(O)c2ccc(N)cc2)c1. The molecule has 0 aliphatic carbocycles. The van der Waals surface area contributed by atoms with Crippen molar-refractivity contribution in [3.63, 3.8) is 0 Å². The number of aliphatic hydroxyl groups excluding tert-OH is 1. The number of hydrogen-bond acceptors (Lipinski definition) is 4. The van der Waals surface area contributed by atoms with Gasteiger partial charge in [-0.1, -0.05) is 18.2 Å². The Morgan fingerprint density at radius 3 is 2.67 bits per heavy atom. The van der Waals surface area contributed by atoms with Crippen molar-refractivity contribution < 1.29 is 9.90 Å². The quantitative estimate of drug-likeness (QED) is 0.741. The number of amides is 1. The molecule has 2 aromatic rings. The van der Waals surface area contributed by atoms with Crippen LogP contribution in [0, 0.1) is 11.3 Å². The highest BCUT2D eigenvalue weighted by Gasteiger charge is 2.11. The first-order chi connectivity index (χ1) is 10.1. The highest BCUT2D eigenvalue weighted by molar-refractivity contribution is 5.94. The molecule has 4 N–H and O–H groups in total. The summed E-state index contributed by atoms with van der Waals surface area (Å²) >= 11 is 0. The fraction of sp³-hybridized carbons (Fsp3) is 0.125. The number of rotatable bonds is 4. The first-order valence-electron chi connectivity index (χ1n) is 6.42. The zero-order valence-corrected chi connectivity index (χ0v) is 11.3. The molecule has 0 bridgehead atoms. The van der Waals surface area contributed by atoms with Crippen LogP contribution >= 0.6 is 0 Å². The maximum atomic E-state index is 12.0. The minimum Gasteiger partial charge on any atom is -0.399 e. The molecule has 1 atom stereocenters. The average Bonchev–Trinajstić information content (AvgIpc) is 2.53. The van der Waals surface area contributed by atoms with Crippen molar-refractivity contribution >= 4 is 11.6 Å². The van der Waals surface area contributed by atoms with Crippen molar-refractivity contribution in [3.05, 3.63) is 65.2 Å². The maximum absolute atomic E-state index is 12.0. The van der Waals surface area contributed by atoms with Crippen LogP contribution in [0.2, 0.25) is 0 Å². The van der Waals surface area contributed by atoms with Crippen LogP contribution < -0.4 is 11.1 Å². The molecule has 0 spiro atoms. The first kappa shape index (κ1) is 14.6. The van der Waals surface area contributed by atoms with Gasteiger partial charge in [-0.2, -0.15) is 5.26 Å². The number of anilines is 1. The number of hydrogen-bond donors (Lipinski definition) is 3. The first-order valence-corrected chi connectivity index (χ1v) is 6.42. The molecule has 106 valence electrons. The molecule has 0 aliphatic heterocycles. The monoisotopic (exact) mass is 281 g/mol. The second-order valence-corrected chi connectivity index (χ2v) is 4.59. The zero-order chi connectivity index (χ0) is 15.2. The normalized spacial score (nSPS) is 11.4. The van der Waals surface area contributed by atoms with E-state index in [1.54, 1.807) is 42.5 Å². The average molecular weight is 281 g/mol. The van der Waals surface area contributed by atoms with Crippen molar-refractivity contribution in [1.82, 2.24) is 5.32 Å². The topological polar surface area (TPSA) is 99.1 Å². The minimum atomic E-state index is -0.811. The summed E-state index contributed by atoms with van der Waals surface area (Å²) in [7, 11) is 0. The fourth-order valence-electron chi connectivity index (χ4n) is 1.86. The molecule has 0 saturated carbocycles. The second-order valence-electron chi connectivity index (χ2n) is 4.59. The smallest absolute Gasteiger partial charge is 0.251 e. The fourth-order valence-corrected chi connectivity index (χ4v) is 1.86. The predicted molar refractivity (Wildman–Crippen MR) is 79.3 cm³/mol. The highest BCUT2D eigenvalue weighted by atomic mass is 16.3. The van der Waals surface area contributed by atoms with E-state index in [9.17, 15) is 9.90 Å². The van der Waals surface area contributed by atoms with Crippen LogP contribution in [0.4, 0.5) is 5.69 Å². The molecule has 5 heteroatoms. The van der Waals surface area contributed by atoms with Crippen molar-refractivity contribution in [2.75, 3.05) is 12.3 Å². The molecular weight excluding hydrogens is 266 g/mol. The standard InChI is InChI=1S/C16H15N3O2/c17-9-11-2-1-3-13(8-11)16(21)19-10-15(20)12-4-6-14(18)7-5-12/h1-8,15,20H,10,18H2,(H,19,21). The summed E-state index contributed by atoms with van der Waals surface area (Å²) in [5.74, 6) is -0.332. The molecule has 0 radical (unpaired) electrons. The Hall–Kier alpha value is -2.84. The molecule has 2 rings (SSSR count). The number of carbonyl (C=O) groups is 1. The molecule has 21 heavy (non-hydrogen) atoms. The summed E-state index contributed by atoms with van der Waals surface area (Å²) in [6.07, 6.45) is -0.811. The molecule has 0 fully saturated rings. The predicted octanol–water partition coefficient (Wildman–Crippen LogP) is 1.60. The van der Waals surface area contributed by atoms with E-state index in [0.717, 1.165) is 0 Å². The van der Waals surface area contributed by atoms with Gasteiger partial charge in [0.2, 0.25) is 0 Å². The van der Waals surface area contributed by atoms with Gasteiger partial charge in [-0.15, -0.1) is 0 Å². The van der Waals surface area contributed by atoms with Gasteiger partial charge >= 0.3 is 0 Å². The van der Waals surface area contributed by atoms with E-state index in [-0.39, 0.29) is 12.5 Å². The molecule has 0 saturated heterocycles. The van der Waals surface area contributed by atoms with Gasteiger partial charge < -0.3 is 16.2 Å². The molecule has 0 aromatic heterocycles. The Balaban J connectivity index is 1.97. The number of carbonyl (C=O) groups excluding carboxylic acids is 1.